The Kier molecular flexibility index (Phi) is 5.54. The number of hydrogen-bond donors (Lipinski definition) is 1. The zero-order valence-corrected chi connectivity index (χ0v) is 9.29. The van der Waals surface area contributed by atoms with Crippen LogP contribution in [0.5, 0.6) is 0 Å². The standard InChI is InChI=1S/C13H17NO/c1-12(2)11-15-14-10-6-9-13-7-4-3-5-8-13/h3-5,7-8,12,14H,10-11H2,1-2H3. The third-order valence-corrected chi connectivity index (χ3v) is 1.69. The molecule has 0 spiro atoms. The van der Waals surface area contributed by atoms with Crippen molar-refractivity contribution in [3.05, 3.63) is 35.9 Å². The summed E-state index contributed by atoms with van der Waals surface area (Å²) in [6.07, 6.45) is 0. The number of benzene rings is 1. The lowest BCUT2D eigenvalue weighted by Gasteiger charge is -2.04. The number of hydroxylamine groups is 1. The van der Waals surface area contributed by atoms with Gasteiger partial charge in [-0.1, -0.05) is 43.9 Å². The van der Waals surface area contributed by atoms with E-state index >= 15 is 0 Å². The Balaban J connectivity index is 2.18. The third-order valence-electron chi connectivity index (χ3n) is 1.69. The molecule has 0 aliphatic carbocycles. The summed E-state index contributed by atoms with van der Waals surface area (Å²) < 4.78 is 0. The second-order valence-electron chi connectivity index (χ2n) is 3.69. The Morgan fingerprint density at radius 3 is 2.67 bits per heavy atom. The lowest BCUT2D eigenvalue weighted by molar-refractivity contribution is 0.0317. The zero-order chi connectivity index (χ0) is 10.9. The highest BCUT2D eigenvalue weighted by atomic mass is 16.6. The predicted octanol–water partition coefficient (Wildman–Crippen LogP) is 2.22. The molecule has 0 saturated carbocycles. The van der Waals surface area contributed by atoms with Crippen LogP contribution >= 0.6 is 0 Å². The SMILES string of the molecule is CC(C)CONCC#Cc1ccccc1. The van der Waals surface area contributed by atoms with Gasteiger partial charge in [-0.25, -0.2) is 0 Å². The maximum Gasteiger partial charge on any atom is 0.0824 e. The fraction of sp³-hybridized carbons (Fsp3) is 0.385. The van der Waals surface area contributed by atoms with Gasteiger partial charge in [-0.3, -0.25) is 0 Å². The quantitative estimate of drug-likeness (QED) is 0.460. The molecule has 0 atom stereocenters. The lowest BCUT2D eigenvalue weighted by atomic mass is 10.2. The van der Waals surface area contributed by atoms with Gasteiger partial charge < -0.3 is 4.84 Å². The summed E-state index contributed by atoms with van der Waals surface area (Å²) >= 11 is 0. The Bertz CT molecular complexity index is 321. The van der Waals surface area contributed by atoms with Crippen LogP contribution in [0.1, 0.15) is 19.4 Å². The maximum absolute atomic E-state index is 5.18. The number of hydrogen-bond acceptors (Lipinski definition) is 2. The minimum Gasteiger partial charge on any atom is -0.301 e. The Hall–Kier alpha value is -1.30. The molecule has 2 nitrogen and oxygen atoms in total. The molecule has 0 amide bonds. The first-order chi connectivity index (χ1) is 7.29. The molecule has 0 radical (unpaired) electrons. The molecule has 2 heteroatoms. The van der Waals surface area contributed by atoms with Crippen LogP contribution in [-0.2, 0) is 4.84 Å². The van der Waals surface area contributed by atoms with Gasteiger partial charge in [0.05, 0.1) is 13.2 Å². The summed E-state index contributed by atoms with van der Waals surface area (Å²) in [4.78, 5) is 5.18. The average Bonchev–Trinajstić information content (AvgIpc) is 2.24. The summed E-state index contributed by atoms with van der Waals surface area (Å²) in [6.45, 7) is 5.49. The second kappa shape index (κ2) is 7.05. The van der Waals surface area contributed by atoms with Crippen LogP contribution < -0.4 is 5.48 Å². The number of nitrogens with one attached hydrogen (secondary N) is 1. The summed E-state index contributed by atoms with van der Waals surface area (Å²) in [5.41, 5.74) is 3.84. The summed E-state index contributed by atoms with van der Waals surface area (Å²) in [6, 6.07) is 9.92. The first-order valence-electron chi connectivity index (χ1n) is 5.17. The molecule has 15 heavy (non-hydrogen) atoms. The molecular formula is C13H17NO. The fourth-order valence-corrected chi connectivity index (χ4v) is 0.980. The van der Waals surface area contributed by atoms with Crippen LogP contribution in [0.2, 0.25) is 0 Å². The predicted molar refractivity (Wildman–Crippen MR) is 62.1 cm³/mol. The van der Waals surface area contributed by atoms with Crippen molar-refractivity contribution in [1.82, 2.24) is 5.48 Å². The molecule has 0 saturated heterocycles. The topological polar surface area (TPSA) is 21.3 Å². The summed E-state index contributed by atoms with van der Waals surface area (Å²) in [5.74, 6) is 6.57. The molecule has 1 rings (SSSR count). The molecule has 0 aliphatic rings. The van der Waals surface area contributed by atoms with Crippen molar-refractivity contribution < 1.29 is 4.84 Å². The van der Waals surface area contributed by atoms with Crippen LogP contribution in [0, 0.1) is 17.8 Å². The minimum atomic E-state index is 0.541. The molecule has 0 fully saturated rings. The van der Waals surface area contributed by atoms with Crippen LogP contribution in [0.3, 0.4) is 0 Å². The molecule has 0 bridgehead atoms. The molecular weight excluding hydrogens is 186 g/mol. The molecule has 0 heterocycles. The van der Waals surface area contributed by atoms with E-state index in [2.05, 4.69) is 31.2 Å². The van der Waals surface area contributed by atoms with Crippen molar-refractivity contribution in [3.63, 3.8) is 0 Å². The molecule has 1 N–H and O–H groups in total. The summed E-state index contributed by atoms with van der Waals surface area (Å²) in [5, 5.41) is 0. The molecule has 80 valence electrons. The van der Waals surface area contributed by atoms with Gasteiger partial charge in [0.2, 0.25) is 0 Å². The summed E-state index contributed by atoms with van der Waals surface area (Å²) in [7, 11) is 0. The van der Waals surface area contributed by atoms with E-state index in [1.165, 1.54) is 0 Å². The highest BCUT2D eigenvalue weighted by molar-refractivity contribution is 5.33. The highest BCUT2D eigenvalue weighted by Gasteiger charge is 1.90. The van der Waals surface area contributed by atoms with Gasteiger partial charge in [-0.2, -0.15) is 5.48 Å². The van der Waals surface area contributed by atoms with E-state index in [1.807, 2.05) is 30.3 Å². The van der Waals surface area contributed by atoms with E-state index in [4.69, 9.17) is 4.84 Å². The van der Waals surface area contributed by atoms with Crippen molar-refractivity contribution in [2.24, 2.45) is 5.92 Å². The van der Waals surface area contributed by atoms with Gasteiger partial charge in [0.15, 0.2) is 0 Å². The monoisotopic (exact) mass is 203 g/mol. The van der Waals surface area contributed by atoms with Crippen molar-refractivity contribution in [2.75, 3.05) is 13.2 Å². The largest absolute Gasteiger partial charge is 0.301 e. The maximum atomic E-state index is 5.18. The van der Waals surface area contributed by atoms with Gasteiger partial charge in [-0.15, -0.1) is 0 Å². The fourth-order valence-electron chi connectivity index (χ4n) is 0.980. The van der Waals surface area contributed by atoms with Gasteiger partial charge in [0.1, 0.15) is 0 Å². The van der Waals surface area contributed by atoms with Crippen LogP contribution in [-0.4, -0.2) is 13.2 Å². The molecule has 0 unspecified atom stereocenters. The highest BCUT2D eigenvalue weighted by Crippen LogP contribution is 1.94. The van der Waals surface area contributed by atoms with E-state index in [0.717, 1.165) is 5.56 Å². The second-order valence-corrected chi connectivity index (χ2v) is 3.69. The molecule has 1 aromatic carbocycles. The van der Waals surface area contributed by atoms with Gasteiger partial charge >= 0.3 is 0 Å². The lowest BCUT2D eigenvalue weighted by Crippen LogP contribution is -2.17. The van der Waals surface area contributed by atoms with Gasteiger partial charge in [0.25, 0.3) is 0 Å². The Morgan fingerprint density at radius 2 is 2.00 bits per heavy atom. The normalized spacial score (nSPS) is 9.80. The first kappa shape index (κ1) is 11.8. The van der Waals surface area contributed by atoms with Crippen molar-refractivity contribution in [2.45, 2.75) is 13.8 Å². The van der Waals surface area contributed by atoms with E-state index in [1.54, 1.807) is 0 Å². The third kappa shape index (κ3) is 5.90. The van der Waals surface area contributed by atoms with Crippen molar-refractivity contribution >= 4 is 0 Å². The van der Waals surface area contributed by atoms with E-state index in [0.29, 0.717) is 19.1 Å². The van der Waals surface area contributed by atoms with Crippen molar-refractivity contribution in [1.29, 1.82) is 0 Å². The zero-order valence-electron chi connectivity index (χ0n) is 9.29. The van der Waals surface area contributed by atoms with E-state index < -0.39 is 0 Å². The first-order valence-corrected chi connectivity index (χ1v) is 5.17. The van der Waals surface area contributed by atoms with Crippen LogP contribution in [0.4, 0.5) is 0 Å². The van der Waals surface area contributed by atoms with Crippen LogP contribution in [0.15, 0.2) is 30.3 Å². The van der Waals surface area contributed by atoms with Gasteiger partial charge in [-0.05, 0) is 18.1 Å². The molecule has 0 aliphatic heterocycles. The molecule has 1 aromatic rings. The van der Waals surface area contributed by atoms with Gasteiger partial charge in [0, 0.05) is 5.56 Å². The average molecular weight is 203 g/mol. The minimum absolute atomic E-state index is 0.541. The smallest absolute Gasteiger partial charge is 0.0824 e. The Morgan fingerprint density at radius 1 is 1.27 bits per heavy atom. The Labute approximate surface area is 91.6 Å². The van der Waals surface area contributed by atoms with Crippen molar-refractivity contribution in [3.8, 4) is 11.8 Å². The van der Waals surface area contributed by atoms with E-state index in [9.17, 15) is 0 Å². The van der Waals surface area contributed by atoms with Crippen LogP contribution in [0.25, 0.3) is 0 Å². The van der Waals surface area contributed by atoms with E-state index in [-0.39, 0.29) is 0 Å². The molecule has 0 aromatic heterocycles. The number of rotatable bonds is 4.